The number of aryl methyl sites for hydroxylation is 1. The van der Waals surface area contributed by atoms with Crippen molar-refractivity contribution in [3.63, 3.8) is 0 Å². The molecule has 1 N–H and O–H groups in total. The maximum atomic E-state index is 12.3. The van der Waals surface area contributed by atoms with Gasteiger partial charge in [-0.3, -0.25) is 9.59 Å². The van der Waals surface area contributed by atoms with E-state index < -0.39 is 5.97 Å². The summed E-state index contributed by atoms with van der Waals surface area (Å²) in [4.78, 5) is 23.2. The summed E-state index contributed by atoms with van der Waals surface area (Å²) in [5.74, 6) is -0.804. The number of Topliss-reactive ketones (excluding diaryl/α,β-unsaturated/α-hetero) is 1. The van der Waals surface area contributed by atoms with Gasteiger partial charge in [-0.1, -0.05) is 24.3 Å². The zero-order chi connectivity index (χ0) is 13.1. The molecule has 1 fully saturated rings. The van der Waals surface area contributed by atoms with E-state index in [1.54, 1.807) is 0 Å². The van der Waals surface area contributed by atoms with Crippen molar-refractivity contribution >= 4 is 11.8 Å². The molecule has 1 saturated carbocycles. The maximum absolute atomic E-state index is 12.3. The first-order valence-corrected chi connectivity index (χ1v) is 6.42. The van der Waals surface area contributed by atoms with E-state index >= 15 is 0 Å². The van der Waals surface area contributed by atoms with Crippen molar-refractivity contribution in [2.24, 2.45) is 11.8 Å². The highest BCUT2D eigenvalue weighted by Crippen LogP contribution is 2.31. The number of carboxylic acid groups (broad SMARTS) is 1. The molecule has 1 aromatic rings. The Kier molecular flexibility index (Phi) is 3.80. The van der Waals surface area contributed by atoms with Crippen molar-refractivity contribution in [3.05, 3.63) is 35.4 Å². The van der Waals surface area contributed by atoms with Crippen LogP contribution in [0.5, 0.6) is 0 Å². The third-order valence-electron chi connectivity index (χ3n) is 3.86. The van der Waals surface area contributed by atoms with Gasteiger partial charge in [-0.05, 0) is 38.2 Å². The number of ketones is 1. The molecule has 3 nitrogen and oxygen atoms in total. The van der Waals surface area contributed by atoms with Gasteiger partial charge in [0.05, 0.1) is 5.92 Å². The van der Waals surface area contributed by atoms with Crippen molar-refractivity contribution in [1.29, 1.82) is 0 Å². The fourth-order valence-corrected chi connectivity index (χ4v) is 2.67. The van der Waals surface area contributed by atoms with E-state index in [1.165, 1.54) is 0 Å². The van der Waals surface area contributed by atoms with Gasteiger partial charge in [0.1, 0.15) is 0 Å². The average molecular weight is 246 g/mol. The summed E-state index contributed by atoms with van der Waals surface area (Å²) >= 11 is 0. The lowest BCUT2D eigenvalue weighted by Crippen LogP contribution is -2.26. The first-order valence-electron chi connectivity index (χ1n) is 6.42. The normalized spacial score (nSPS) is 23.6. The monoisotopic (exact) mass is 246 g/mol. The standard InChI is InChI=1S/C15H18O3/c1-10-4-2-3-5-13(10)14(16)11-6-8-12(9-7-11)15(17)18/h2-5,11-12H,6-9H2,1H3,(H,17,18). The highest BCUT2D eigenvalue weighted by atomic mass is 16.4. The number of carboxylic acids is 1. The summed E-state index contributed by atoms with van der Waals surface area (Å²) in [5.41, 5.74) is 1.79. The molecule has 0 unspecified atom stereocenters. The molecule has 0 atom stereocenters. The zero-order valence-electron chi connectivity index (χ0n) is 10.6. The zero-order valence-corrected chi connectivity index (χ0v) is 10.6. The molecule has 0 saturated heterocycles. The topological polar surface area (TPSA) is 54.4 Å². The fourth-order valence-electron chi connectivity index (χ4n) is 2.67. The molecule has 0 aliphatic heterocycles. The van der Waals surface area contributed by atoms with Gasteiger partial charge < -0.3 is 5.11 Å². The van der Waals surface area contributed by atoms with Crippen LogP contribution in [-0.4, -0.2) is 16.9 Å². The van der Waals surface area contributed by atoms with Gasteiger partial charge in [0.15, 0.2) is 5.78 Å². The van der Waals surface area contributed by atoms with E-state index in [0.29, 0.717) is 25.7 Å². The van der Waals surface area contributed by atoms with Gasteiger partial charge in [-0.25, -0.2) is 0 Å². The average Bonchev–Trinajstić information content (AvgIpc) is 2.38. The summed E-state index contributed by atoms with van der Waals surface area (Å²) in [6, 6.07) is 7.60. The van der Waals surface area contributed by atoms with Crippen LogP contribution in [0.3, 0.4) is 0 Å². The SMILES string of the molecule is Cc1ccccc1C(=O)C1CCC(C(=O)O)CC1. The molecular weight excluding hydrogens is 228 g/mol. The summed E-state index contributed by atoms with van der Waals surface area (Å²) in [6.45, 7) is 1.94. The Labute approximate surface area is 107 Å². The van der Waals surface area contributed by atoms with Crippen LogP contribution in [0, 0.1) is 18.8 Å². The largest absolute Gasteiger partial charge is 0.481 e. The Morgan fingerprint density at radius 1 is 1.06 bits per heavy atom. The molecule has 18 heavy (non-hydrogen) atoms. The van der Waals surface area contributed by atoms with Crippen molar-refractivity contribution in [2.75, 3.05) is 0 Å². The van der Waals surface area contributed by atoms with E-state index in [4.69, 9.17) is 5.11 Å². The van der Waals surface area contributed by atoms with E-state index in [9.17, 15) is 9.59 Å². The summed E-state index contributed by atoms with van der Waals surface area (Å²) in [6.07, 6.45) is 2.64. The van der Waals surface area contributed by atoms with Crippen molar-refractivity contribution < 1.29 is 14.7 Å². The quantitative estimate of drug-likeness (QED) is 0.834. The van der Waals surface area contributed by atoms with Crippen LogP contribution in [0.25, 0.3) is 0 Å². The molecule has 0 spiro atoms. The van der Waals surface area contributed by atoms with E-state index in [2.05, 4.69) is 0 Å². The second-order valence-corrected chi connectivity index (χ2v) is 5.07. The maximum Gasteiger partial charge on any atom is 0.306 e. The van der Waals surface area contributed by atoms with Gasteiger partial charge in [0, 0.05) is 11.5 Å². The number of carbonyl (C=O) groups excluding carboxylic acids is 1. The summed E-state index contributed by atoms with van der Waals surface area (Å²) in [5, 5.41) is 8.94. The van der Waals surface area contributed by atoms with Crippen molar-refractivity contribution in [2.45, 2.75) is 32.6 Å². The van der Waals surface area contributed by atoms with Crippen molar-refractivity contribution in [1.82, 2.24) is 0 Å². The molecule has 1 aliphatic rings. The van der Waals surface area contributed by atoms with Gasteiger partial charge >= 0.3 is 5.97 Å². The van der Waals surface area contributed by atoms with E-state index in [0.717, 1.165) is 11.1 Å². The fraction of sp³-hybridized carbons (Fsp3) is 0.467. The molecule has 0 aromatic heterocycles. The minimum Gasteiger partial charge on any atom is -0.481 e. The molecule has 0 radical (unpaired) electrons. The Morgan fingerprint density at radius 2 is 1.61 bits per heavy atom. The van der Waals surface area contributed by atoms with Crippen LogP contribution in [0.2, 0.25) is 0 Å². The highest BCUT2D eigenvalue weighted by Gasteiger charge is 2.30. The van der Waals surface area contributed by atoms with Crippen LogP contribution >= 0.6 is 0 Å². The number of hydrogen-bond acceptors (Lipinski definition) is 2. The van der Waals surface area contributed by atoms with Crippen LogP contribution in [0.15, 0.2) is 24.3 Å². The smallest absolute Gasteiger partial charge is 0.306 e. The van der Waals surface area contributed by atoms with Crippen molar-refractivity contribution in [3.8, 4) is 0 Å². The third kappa shape index (κ3) is 2.61. The number of rotatable bonds is 3. The number of benzene rings is 1. The van der Waals surface area contributed by atoms with Gasteiger partial charge in [-0.2, -0.15) is 0 Å². The molecule has 3 heteroatoms. The van der Waals surface area contributed by atoms with Crippen LogP contribution < -0.4 is 0 Å². The van der Waals surface area contributed by atoms with Crippen LogP contribution in [0.4, 0.5) is 0 Å². The van der Waals surface area contributed by atoms with Gasteiger partial charge in [0.2, 0.25) is 0 Å². The Balaban J connectivity index is 2.04. The summed E-state index contributed by atoms with van der Waals surface area (Å²) < 4.78 is 0. The molecule has 96 valence electrons. The van der Waals surface area contributed by atoms with E-state index in [1.807, 2.05) is 31.2 Å². The van der Waals surface area contributed by atoms with Crippen LogP contribution in [0.1, 0.15) is 41.6 Å². The molecule has 1 aliphatic carbocycles. The predicted molar refractivity (Wildman–Crippen MR) is 68.6 cm³/mol. The molecule has 0 bridgehead atoms. The number of carbonyl (C=O) groups is 2. The van der Waals surface area contributed by atoms with Gasteiger partial charge in [0.25, 0.3) is 0 Å². The van der Waals surface area contributed by atoms with Crippen LogP contribution in [-0.2, 0) is 4.79 Å². The lowest BCUT2D eigenvalue weighted by atomic mass is 9.78. The Bertz CT molecular complexity index is 457. The highest BCUT2D eigenvalue weighted by molar-refractivity contribution is 5.99. The summed E-state index contributed by atoms with van der Waals surface area (Å²) in [7, 11) is 0. The minimum atomic E-state index is -0.725. The number of hydrogen-bond donors (Lipinski definition) is 1. The first-order chi connectivity index (χ1) is 8.59. The Morgan fingerprint density at radius 3 is 2.17 bits per heavy atom. The lowest BCUT2D eigenvalue weighted by molar-refractivity contribution is -0.143. The minimum absolute atomic E-state index is 0.00157. The third-order valence-corrected chi connectivity index (χ3v) is 3.86. The second-order valence-electron chi connectivity index (χ2n) is 5.07. The molecular formula is C15H18O3. The predicted octanol–water partition coefficient (Wildman–Crippen LogP) is 3.07. The molecule has 0 amide bonds. The molecule has 0 heterocycles. The second kappa shape index (κ2) is 5.34. The Hall–Kier alpha value is -1.64. The lowest BCUT2D eigenvalue weighted by Gasteiger charge is -2.25. The van der Waals surface area contributed by atoms with E-state index in [-0.39, 0.29) is 17.6 Å². The molecule has 2 rings (SSSR count). The number of aliphatic carboxylic acids is 1. The first kappa shape index (κ1) is 12.8. The van der Waals surface area contributed by atoms with Gasteiger partial charge in [-0.15, -0.1) is 0 Å². The molecule has 1 aromatic carbocycles.